The summed E-state index contributed by atoms with van der Waals surface area (Å²) in [5.74, 6) is 0.215. The topological polar surface area (TPSA) is 17.1 Å². The van der Waals surface area contributed by atoms with Gasteiger partial charge in [-0.25, -0.2) is 0 Å². The lowest BCUT2D eigenvalue weighted by atomic mass is 10.0. The van der Waals surface area contributed by atoms with Gasteiger partial charge in [-0.1, -0.05) is 44.2 Å². The molecular weight excluding hydrogens is 232 g/mol. The maximum absolute atomic E-state index is 11.9. The predicted molar refractivity (Wildman–Crippen MR) is 73.9 cm³/mol. The molecule has 1 nitrogen and oxygen atoms in total. The van der Waals surface area contributed by atoms with Crippen molar-refractivity contribution in [1.82, 2.24) is 0 Å². The maximum atomic E-state index is 11.9. The Balaban J connectivity index is 2.41. The van der Waals surface area contributed by atoms with E-state index in [1.54, 1.807) is 6.07 Å². The molecule has 0 atom stereocenters. The molecule has 0 aromatic heterocycles. The van der Waals surface area contributed by atoms with Gasteiger partial charge in [0.15, 0.2) is 5.78 Å². The van der Waals surface area contributed by atoms with Gasteiger partial charge >= 0.3 is 0 Å². The minimum absolute atomic E-state index is 0.215. The van der Waals surface area contributed by atoms with Crippen LogP contribution >= 0.6 is 11.6 Å². The van der Waals surface area contributed by atoms with E-state index in [0.29, 0.717) is 11.4 Å². The number of halogens is 1. The van der Waals surface area contributed by atoms with Crippen molar-refractivity contribution in [3.8, 4) is 0 Å². The molecule has 0 radical (unpaired) electrons. The first-order valence-corrected chi connectivity index (χ1v) is 6.81. The first-order chi connectivity index (χ1) is 8.13. The predicted octanol–water partition coefficient (Wildman–Crippen LogP) is 5.19. The zero-order chi connectivity index (χ0) is 12.7. The standard InChI is InChI=1S/C15H21ClO/c1-3-4-5-6-7-8-15(17)13-9-12(2)10-14(16)11-13/h9-11H,3-8H2,1-2H3. The summed E-state index contributed by atoms with van der Waals surface area (Å²) in [6, 6.07) is 5.56. The second-order valence-electron chi connectivity index (χ2n) is 4.60. The van der Waals surface area contributed by atoms with Gasteiger partial charge in [-0.15, -0.1) is 0 Å². The molecule has 1 aromatic rings. The fourth-order valence-corrected chi connectivity index (χ4v) is 2.22. The second-order valence-corrected chi connectivity index (χ2v) is 5.04. The molecule has 1 rings (SSSR count). The van der Waals surface area contributed by atoms with E-state index >= 15 is 0 Å². The molecule has 0 saturated heterocycles. The summed E-state index contributed by atoms with van der Waals surface area (Å²) < 4.78 is 0. The molecule has 94 valence electrons. The summed E-state index contributed by atoms with van der Waals surface area (Å²) in [7, 11) is 0. The number of carbonyl (C=O) groups is 1. The third-order valence-corrected chi connectivity index (χ3v) is 3.09. The van der Waals surface area contributed by atoms with Crippen LogP contribution in [0.5, 0.6) is 0 Å². The number of aryl methyl sites for hydroxylation is 1. The fraction of sp³-hybridized carbons (Fsp3) is 0.533. The smallest absolute Gasteiger partial charge is 0.162 e. The Morgan fingerprint density at radius 3 is 2.47 bits per heavy atom. The Labute approximate surface area is 109 Å². The van der Waals surface area contributed by atoms with Gasteiger partial charge in [-0.05, 0) is 37.1 Å². The zero-order valence-electron chi connectivity index (χ0n) is 10.8. The Bertz CT molecular complexity index is 351. The van der Waals surface area contributed by atoms with Crippen LogP contribution in [0, 0.1) is 6.92 Å². The monoisotopic (exact) mass is 252 g/mol. The maximum Gasteiger partial charge on any atom is 0.162 e. The van der Waals surface area contributed by atoms with Crippen molar-refractivity contribution in [2.24, 2.45) is 0 Å². The highest BCUT2D eigenvalue weighted by Gasteiger charge is 2.06. The molecule has 1 aromatic carbocycles. The molecule has 0 unspecified atom stereocenters. The average Bonchev–Trinajstić information content (AvgIpc) is 2.27. The lowest BCUT2D eigenvalue weighted by Gasteiger charge is -2.03. The highest BCUT2D eigenvalue weighted by Crippen LogP contribution is 2.17. The first-order valence-electron chi connectivity index (χ1n) is 6.44. The number of benzene rings is 1. The fourth-order valence-electron chi connectivity index (χ4n) is 1.93. The molecule has 0 spiro atoms. The van der Waals surface area contributed by atoms with Crippen LogP contribution in [-0.2, 0) is 0 Å². The third kappa shape index (κ3) is 5.36. The molecule has 0 aliphatic heterocycles. The highest BCUT2D eigenvalue weighted by molar-refractivity contribution is 6.31. The van der Waals surface area contributed by atoms with Gasteiger partial charge in [0.1, 0.15) is 0 Å². The lowest BCUT2D eigenvalue weighted by Crippen LogP contribution is -1.99. The molecule has 0 N–H and O–H groups in total. The van der Waals surface area contributed by atoms with E-state index in [-0.39, 0.29) is 5.78 Å². The van der Waals surface area contributed by atoms with E-state index in [4.69, 9.17) is 11.6 Å². The minimum Gasteiger partial charge on any atom is -0.294 e. The van der Waals surface area contributed by atoms with E-state index in [9.17, 15) is 4.79 Å². The molecule has 0 aliphatic rings. The Kier molecular flexibility index (Phi) is 6.28. The van der Waals surface area contributed by atoms with Crippen molar-refractivity contribution in [1.29, 1.82) is 0 Å². The number of hydrogen-bond acceptors (Lipinski definition) is 1. The normalized spacial score (nSPS) is 10.5. The van der Waals surface area contributed by atoms with Crippen LogP contribution in [0.4, 0.5) is 0 Å². The molecule has 0 saturated carbocycles. The zero-order valence-corrected chi connectivity index (χ0v) is 11.5. The van der Waals surface area contributed by atoms with Crippen molar-refractivity contribution in [3.05, 3.63) is 34.3 Å². The van der Waals surface area contributed by atoms with Crippen molar-refractivity contribution in [2.45, 2.75) is 52.4 Å². The van der Waals surface area contributed by atoms with Crippen LogP contribution in [0.25, 0.3) is 0 Å². The summed E-state index contributed by atoms with van der Waals surface area (Å²) in [4.78, 5) is 11.9. The first kappa shape index (κ1) is 14.2. The van der Waals surface area contributed by atoms with Crippen LogP contribution in [-0.4, -0.2) is 5.78 Å². The van der Waals surface area contributed by atoms with Crippen LogP contribution in [0.15, 0.2) is 18.2 Å². The van der Waals surface area contributed by atoms with Crippen LogP contribution in [0.3, 0.4) is 0 Å². The molecule has 0 fully saturated rings. The summed E-state index contributed by atoms with van der Waals surface area (Å²) >= 11 is 5.94. The molecule has 17 heavy (non-hydrogen) atoms. The number of carbonyl (C=O) groups excluding carboxylic acids is 1. The number of hydrogen-bond donors (Lipinski definition) is 0. The van der Waals surface area contributed by atoms with Gasteiger partial charge in [0.2, 0.25) is 0 Å². The Morgan fingerprint density at radius 2 is 1.82 bits per heavy atom. The quantitative estimate of drug-likeness (QED) is 0.482. The number of ketones is 1. The van der Waals surface area contributed by atoms with Crippen molar-refractivity contribution >= 4 is 17.4 Å². The van der Waals surface area contributed by atoms with Gasteiger partial charge in [0.25, 0.3) is 0 Å². The highest BCUT2D eigenvalue weighted by atomic mass is 35.5. The summed E-state index contributed by atoms with van der Waals surface area (Å²) in [5.41, 5.74) is 1.80. The minimum atomic E-state index is 0.215. The van der Waals surface area contributed by atoms with Crippen LogP contribution in [0.1, 0.15) is 61.4 Å². The van der Waals surface area contributed by atoms with Gasteiger partial charge in [0, 0.05) is 17.0 Å². The summed E-state index contributed by atoms with van der Waals surface area (Å²) in [6.07, 6.45) is 6.53. The molecule has 0 bridgehead atoms. The number of unbranched alkanes of at least 4 members (excludes halogenated alkanes) is 4. The van der Waals surface area contributed by atoms with Crippen LogP contribution in [0.2, 0.25) is 5.02 Å². The van der Waals surface area contributed by atoms with E-state index in [0.717, 1.165) is 24.0 Å². The van der Waals surface area contributed by atoms with Gasteiger partial charge in [0.05, 0.1) is 0 Å². The van der Waals surface area contributed by atoms with Gasteiger partial charge < -0.3 is 0 Å². The molecule has 0 amide bonds. The van der Waals surface area contributed by atoms with E-state index in [1.165, 1.54) is 19.3 Å². The van der Waals surface area contributed by atoms with Crippen LogP contribution < -0.4 is 0 Å². The lowest BCUT2D eigenvalue weighted by molar-refractivity contribution is 0.0979. The van der Waals surface area contributed by atoms with E-state index in [2.05, 4.69) is 6.92 Å². The Hall–Kier alpha value is -0.820. The average molecular weight is 253 g/mol. The van der Waals surface area contributed by atoms with E-state index < -0.39 is 0 Å². The largest absolute Gasteiger partial charge is 0.294 e. The van der Waals surface area contributed by atoms with Crippen molar-refractivity contribution < 1.29 is 4.79 Å². The number of Topliss-reactive ketones (excluding diaryl/α,β-unsaturated/α-hetero) is 1. The van der Waals surface area contributed by atoms with E-state index in [1.807, 2.05) is 19.1 Å². The Morgan fingerprint density at radius 1 is 1.12 bits per heavy atom. The third-order valence-electron chi connectivity index (χ3n) is 2.87. The van der Waals surface area contributed by atoms with Gasteiger partial charge in [-0.3, -0.25) is 4.79 Å². The second kappa shape index (κ2) is 7.50. The molecule has 0 aliphatic carbocycles. The molecular formula is C15H21ClO. The van der Waals surface area contributed by atoms with Crippen molar-refractivity contribution in [3.63, 3.8) is 0 Å². The summed E-state index contributed by atoms with van der Waals surface area (Å²) in [6.45, 7) is 4.16. The summed E-state index contributed by atoms with van der Waals surface area (Å²) in [5, 5.41) is 0.652. The van der Waals surface area contributed by atoms with Crippen molar-refractivity contribution in [2.75, 3.05) is 0 Å². The molecule has 2 heteroatoms. The molecule has 0 heterocycles. The SMILES string of the molecule is CCCCCCCC(=O)c1cc(C)cc(Cl)c1. The van der Waals surface area contributed by atoms with Gasteiger partial charge in [-0.2, -0.15) is 0 Å². The number of rotatable bonds is 7.